The van der Waals surface area contributed by atoms with E-state index in [2.05, 4.69) is 4.98 Å². The van der Waals surface area contributed by atoms with E-state index < -0.39 is 25.1 Å². The molecule has 0 aliphatic carbocycles. The van der Waals surface area contributed by atoms with Gasteiger partial charge in [0.25, 0.3) is 5.69 Å². The SMILES string of the molecule is Cc1cc([N+](=O)[O-])cnc1N1CC(S(=O)(=O)Cl)CC1=O. The first-order valence-corrected chi connectivity index (χ1v) is 7.92. The molecule has 1 fully saturated rings. The van der Waals surface area contributed by atoms with Gasteiger partial charge in [0.2, 0.25) is 15.0 Å². The van der Waals surface area contributed by atoms with Crippen LogP contribution in [0.3, 0.4) is 0 Å². The minimum absolute atomic E-state index is 0.101. The first-order chi connectivity index (χ1) is 9.20. The third-order valence-corrected chi connectivity index (χ3v) is 4.86. The Kier molecular flexibility index (Phi) is 3.65. The predicted molar refractivity (Wildman–Crippen MR) is 71.2 cm³/mol. The minimum Gasteiger partial charge on any atom is -0.295 e. The second kappa shape index (κ2) is 4.98. The van der Waals surface area contributed by atoms with E-state index in [-0.39, 0.29) is 24.5 Å². The Bertz CT molecular complexity index is 690. The first kappa shape index (κ1) is 14.7. The third kappa shape index (κ3) is 2.73. The number of aryl methyl sites for hydroxylation is 1. The second-order valence-electron chi connectivity index (χ2n) is 4.40. The van der Waals surface area contributed by atoms with Gasteiger partial charge in [-0.25, -0.2) is 13.4 Å². The first-order valence-electron chi connectivity index (χ1n) is 5.55. The summed E-state index contributed by atoms with van der Waals surface area (Å²) in [5, 5.41) is 9.63. The summed E-state index contributed by atoms with van der Waals surface area (Å²) in [6.07, 6.45) is 0.808. The van der Waals surface area contributed by atoms with Crippen LogP contribution >= 0.6 is 10.7 Å². The summed E-state index contributed by atoms with van der Waals surface area (Å²) in [4.78, 5) is 26.9. The lowest BCUT2D eigenvalue weighted by Gasteiger charge is -2.16. The van der Waals surface area contributed by atoms with Crippen molar-refractivity contribution in [2.45, 2.75) is 18.6 Å². The number of amides is 1. The van der Waals surface area contributed by atoms with Gasteiger partial charge < -0.3 is 0 Å². The van der Waals surface area contributed by atoms with Gasteiger partial charge in [-0.05, 0) is 12.5 Å². The number of nitro groups is 1. The van der Waals surface area contributed by atoms with Gasteiger partial charge in [-0.15, -0.1) is 0 Å². The fraction of sp³-hybridized carbons (Fsp3) is 0.400. The molecule has 0 saturated carbocycles. The van der Waals surface area contributed by atoms with Crippen LogP contribution in [0.5, 0.6) is 0 Å². The van der Waals surface area contributed by atoms with Crippen molar-refractivity contribution in [3.63, 3.8) is 0 Å². The van der Waals surface area contributed by atoms with Gasteiger partial charge in [0, 0.05) is 29.7 Å². The smallest absolute Gasteiger partial charge is 0.287 e. The maximum absolute atomic E-state index is 11.8. The van der Waals surface area contributed by atoms with Crippen LogP contribution in [0.4, 0.5) is 11.5 Å². The average molecular weight is 320 g/mol. The van der Waals surface area contributed by atoms with E-state index in [1.54, 1.807) is 6.92 Å². The number of pyridine rings is 1. The Balaban J connectivity index is 2.33. The Hall–Kier alpha value is -1.74. The van der Waals surface area contributed by atoms with Gasteiger partial charge >= 0.3 is 0 Å². The molecule has 2 rings (SSSR count). The second-order valence-corrected chi connectivity index (χ2v) is 7.31. The number of anilines is 1. The molecule has 108 valence electrons. The van der Waals surface area contributed by atoms with Crippen molar-refractivity contribution in [1.82, 2.24) is 4.98 Å². The van der Waals surface area contributed by atoms with Crippen molar-refractivity contribution >= 4 is 37.1 Å². The molecule has 0 spiro atoms. The summed E-state index contributed by atoms with van der Waals surface area (Å²) >= 11 is 0. The average Bonchev–Trinajstić information content (AvgIpc) is 2.71. The molecule has 1 unspecified atom stereocenters. The monoisotopic (exact) mass is 319 g/mol. The van der Waals surface area contributed by atoms with Crippen molar-refractivity contribution in [3.05, 3.63) is 27.9 Å². The molecule has 8 nitrogen and oxygen atoms in total. The fourth-order valence-corrected chi connectivity index (χ4v) is 3.03. The standard InChI is InChI=1S/C10H10ClN3O5S/c1-6-2-7(14(16)17)4-12-10(6)13-5-8(3-9(13)15)20(11,18)19/h2,4,8H,3,5H2,1H3. The van der Waals surface area contributed by atoms with Crippen molar-refractivity contribution in [1.29, 1.82) is 0 Å². The Labute approximate surface area is 118 Å². The topological polar surface area (TPSA) is 110 Å². The maximum atomic E-state index is 11.8. The van der Waals surface area contributed by atoms with Crippen molar-refractivity contribution < 1.29 is 18.1 Å². The molecule has 1 aromatic heterocycles. The van der Waals surface area contributed by atoms with Crippen LogP contribution in [-0.2, 0) is 13.8 Å². The molecule has 0 bridgehead atoms. The highest BCUT2D eigenvalue weighted by Crippen LogP contribution is 2.28. The highest BCUT2D eigenvalue weighted by molar-refractivity contribution is 8.14. The lowest BCUT2D eigenvalue weighted by Crippen LogP contribution is -2.28. The van der Waals surface area contributed by atoms with Gasteiger partial charge in [-0.2, -0.15) is 0 Å². The van der Waals surface area contributed by atoms with E-state index in [0.717, 1.165) is 6.20 Å². The molecule has 20 heavy (non-hydrogen) atoms. The molecule has 2 heterocycles. The molecule has 0 radical (unpaired) electrons. The molecular formula is C10H10ClN3O5S. The van der Waals surface area contributed by atoms with Crippen molar-refractivity contribution in [2.75, 3.05) is 11.4 Å². The molecule has 1 aliphatic heterocycles. The van der Waals surface area contributed by atoms with Crippen LogP contribution in [-0.4, -0.2) is 36.0 Å². The highest BCUT2D eigenvalue weighted by atomic mass is 35.7. The largest absolute Gasteiger partial charge is 0.295 e. The Morgan fingerprint density at radius 3 is 2.65 bits per heavy atom. The van der Waals surface area contributed by atoms with E-state index in [1.807, 2.05) is 0 Å². The molecule has 0 N–H and O–H groups in total. The molecule has 1 aromatic rings. The number of carbonyl (C=O) groups is 1. The summed E-state index contributed by atoms with van der Waals surface area (Å²) in [7, 11) is 1.41. The van der Waals surface area contributed by atoms with E-state index >= 15 is 0 Å². The van der Waals surface area contributed by atoms with E-state index in [1.165, 1.54) is 11.0 Å². The summed E-state index contributed by atoms with van der Waals surface area (Å²) in [5.41, 5.74) is 0.222. The van der Waals surface area contributed by atoms with Gasteiger partial charge in [0.05, 0.1) is 4.92 Å². The zero-order chi connectivity index (χ0) is 15.1. The minimum atomic E-state index is -3.84. The summed E-state index contributed by atoms with van der Waals surface area (Å²) in [6.45, 7) is 1.46. The molecule has 1 aliphatic rings. The molecule has 1 saturated heterocycles. The Morgan fingerprint density at radius 1 is 1.55 bits per heavy atom. The van der Waals surface area contributed by atoms with Crippen LogP contribution in [0.1, 0.15) is 12.0 Å². The third-order valence-electron chi connectivity index (χ3n) is 2.99. The van der Waals surface area contributed by atoms with E-state index in [9.17, 15) is 23.3 Å². The number of hydrogen-bond acceptors (Lipinski definition) is 6. The summed E-state index contributed by atoms with van der Waals surface area (Å²) in [5.74, 6) is -0.216. The van der Waals surface area contributed by atoms with Crippen LogP contribution in [0, 0.1) is 17.0 Å². The number of carbonyl (C=O) groups excluding carboxylic acids is 1. The molecule has 10 heteroatoms. The quantitative estimate of drug-likeness (QED) is 0.466. The van der Waals surface area contributed by atoms with E-state index in [4.69, 9.17) is 10.7 Å². The Morgan fingerprint density at radius 2 is 2.20 bits per heavy atom. The van der Waals surface area contributed by atoms with Crippen LogP contribution in [0.15, 0.2) is 12.3 Å². The van der Waals surface area contributed by atoms with Crippen LogP contribution in [0.2, 0.25) is 0 Å². The summed E-state index contributed by atoms with van der Waals surface area (Å²) in [6, 6.07) is 1.28. The molecule has 1 amide bonds. The number of rotatable bonds is 3. The van der Waals surface area contributed by atoms with Gasteiger partial charge in [0.15, 0.2) is 0 Å². The predicted octanol–water partition coefficient (Wildman–Crippen LogP) is 0.972. The van der Waals surface area contributed by atoms with Gasteiger partial charge in [-0.1, -0.05) is 0 Å². The van der Waals surface area contributed by atoms with Crippen molar-refractivity contribution in [3.8, 4) is 0 Å². The summed E-state index contributed by atoms with van der Waals surface area (Å²) < 4.78 is 22.5. The van der Waals surface area contributed by atoms with Crippen molar-refractivity contribution in [2.24, 2.45) is 0 Å². The van der Waals surface area contributed by atoms with Crippen LogP contribution in [0.25, 0.3) is 0 Å². The zero-order valence-corrected chi connectivity index (χ0v) is 11.9. The number of hydrogen-bond donors (Lipinski definition) is 0. The normalized spacial score (nSPS) is 19.4. The van der Waals surface area contributed by atoms with Gasteiger partial charge in [-0.3, -0.25) is 19.8 Å². The number of aromatic nitrogens is 1. The zero-order valence-electron chi connectivity index (χ0n) is 10.3. The molecule has 1 atom stereocenters. The number of nitrogens with zero attached hydrogens (tertiary/aromatic N) is 3. The lowest BCUT2D eigenvalue weighted by molar-refractivity contribution is -0.385. The highest BCUT2D eigenvalue weighted by Gasteiger charge is 2.39. The van der Waals surface area contributed by atoms with Gasteiger partial charge in [0.1, 0.15) is 17.3 Å². The van der Waals surface area contributed by atoms with E-state index in [0.29, 0.717) is 5.56 Å². The lowest BCUT2D eigenvalue weighted by atomic mass is 10.2. The number of halogens is 1. The maximum Gasteiger partial charge on any atom is 0.287 e. The molecule has 0 aromatic carbocycles. The molecular weight excluding hydrogens is 310 g/mol. The fourth-order valence-electron chi connectivity index (χ4n) is 2.00. The van der Waals surface area contributed by atoms with Crippen LogP contribution < -0.4 is 4.90 Å².